The molecular formula is C12H16N2OS. The first-order chi connectivity index (χ1) is 7.61. The Hall–Kier alpha value is -1.16. The van der Waals surface area contributed by atoms with E-state index in [2.05, 4.69) is 0 Å². The molecule has 0 aliphatic heterocycles. The number of pyridine rings is 1. The fourth-order valence-electron chi connectivity index (χ4n) is 2.45. The zero-order valence-electron chi connectivity index (χ0n) is 9.40. The van der Waals surface area contributed by atoms with E-state index in [0.29, 0.717) is 11.6 Å². The first-order valence-electron chi connectivity index (χ1n) is 5.63. The molecule has 0 spiro atoms. The van der Waals surface area contributed by atoms with Gasteiger partial charge in [-0.3, -0.25) is 4.79 Å². The Morgan fingerprint density at radius 2 is 2.06 bits per heavy atom. The summed E-state index contributed by atoms with van der Waals surface area (Å²) in [6.07, 6.45) is 4.57. The van der Waals surface area contributed by atoms with Crippen molar-refractivity contribution in [3.63, 3.8) is 0 Å². The Morgan fingerprint density at radius 3 is 2.62 bits per heavy atom. The van der Waals surface area contributed by atoms with Gasteiger partial charge in [0, 0.05) is 11.7 Å². The van der Waals surface area contributed by atoms with Crippen LogP contribution >= 0.6 is 12.2 Å². The fraction of sp³-hybridized carbons (Fsp3) is 0.500. The molecule has 86 valence electrons. The molecule has 0 radical (unpaired) electrons. The summed E-state index contributed by atoms with van der Waals surface area (Å²) in [5, 5.41) is 0. The second-order valence-electron chi connectivity index (χ2n) is 4.37. The standard InChI is InChI=1S/C12H16N2OS/c1-8-6-7-10(11(13)16)12(15)14(8)9-4-2-3-5-9/h6-7,9H,2-5H2,1H3,(H2,13,16). The van der Waals surface area contributed by atoms with E-state index in [4.69, 9.17) is 18.0 Å². The van der Waals surface area contributed by atoms with Gasteiger partial charge in [0.2, 0.25) is 0 Å². The molecule has 1 fully saturated rings. The summed E-state index contributed by atoms with van der Waals surface area (Å²) < 4.78 is 1.86. The molecule has 1 aliphatic carbocycles. The molecule has 3 nitrogen and oxygen atoms in total. The van der Waals surface area contributed by atoms with Crippen molar-refractivity contribution in [1.29, 1.82) is 0 Å². The van der Waals surface area contributed by atoms with E-state index < -0.39 is 0 Å². The van der Waals surface area contributed by atoms with Gasteiger partial charge < -0.3 is 10.3 Å². The smallest absolute Gasteiger partial charge is 0.261 e. The van der Waals surface area contributed by atoms with Crippen molar-refractivity contribution in [3.05, 3.63) is 33.7 Å². The monoisotopic (exact) mass is 236 g/mol. The van der Waals surface area contributed by atoms with Crippen LogP contribution in [0.25, 0.3) is 0 Å². The minimum atomic E-state index is -0.0283. The van der Waals surface area contributed by atoms with Gasteiger partial charge >= 0.3 is 0 Å². The predicted octanol–water partition coefficient (Wildman–Crippen LogP) is 1.91. The Bertz CT molecular complexity index is 472. The molecule has 1 aromatic heterocycles. The molecule has 1 aromatic rings. The lowest BCUT2D eigenvalue weighted by Crippen LogP contribution is -2.32. The maximum Gasteiger partial charge on any atom is 0.261 e. The summed E-state index contributed by atoms with van der Waals surface area (Å²) in [5.41, 5.74) is 6.98. The summed E-state index contributed by atoms with van der Waals surface area (Å²) in [6, 6.07) is 3.99. The van der Waals surface area contributed by atoms with E-state index in [-0.39, 0.29) is 10.5 Å². The molecule has 1 aliphatic rings. The van der Waals surface area contributed by atoms with Crippen LogP contribution in [0.15, 0.2) is 16.9 Å². The summed E-state index contributed by atoms with van der Waals surface area (Å²) in [5.74, 6) is 0. The number of rotatable bonds is 2. The lowest BCUT2D eigenvalue weighted by Gasteiger charge is -2.17. The molecular weight excluding hydrogens is 220 g/mol. The van der Waals surface area contributed by atoms with Gasteiger partial charge in [-0.25, -0.2) is 0 Å². The van der Waals surface area contributed by atoms with Gasteiger partial charge in [-0.05, 0) is 31.9 Å². The molecule has 1 heterocycles. The average molecular weight is 236 g/mol. The minimum absolute atomic E-state index is 0.0283. The number of aromatic nitrogens is 1. The van der Waals surface area contributed by atoms with Crippen LogP contribution < -0.4 is 11.3 Å². The van der Waals surface area contributed by atoms with Crippen LogP contribution in [0, 0.1) is 6.92 Å². The highest BCUT2D eigenvalue weighted by Crippen LogP contribution is 2.29. The topological polar surface area (TPSA) is 48.0 Å². The van der Waals surface area contributed by atoms with E-state index in [0.717, 1.165) is 18.5 Å². The van der Waals surface area contributed by atoms with Crippen LogP contribution in [0.3, 0.4) is 0 Å². The van der Waals surface area contributed by atoms with Gasteiger partial charge in [0.1, 0.15) is 4.99 Å². The molecule has 0 atom stereocenters. The zero-order chi connectivity index (χ0) is 11.7. The molecule has 0 saturated heterocycles. The number of nitrogens with zero attached hydrogens (tertiary/aromatic N) is 1. The van der Waals surface area contributed by atoms with Crippen LogP contribution in [0.5, 0.6) is 0 Å². The number of hydrogen-bond acceptors (Lipinski definition) is 2. The van der Waals surface area contributed by atoms with Crippen LogP contribution in [0.2, 0.25) is 0 Å². The highest BCUT2D eigenvalue weighted by Gasteiger charge is 2.20. The summed E-state index contributed by atoms with van der Waals surface area (Å²) in [7, 11) is 0. The summed E-state index contributed by atoms with van der Waals surface area (Å²) in [4.78, 5) is 12.4. The number of nitrogens with two attached hydrogens (primary N) is 1. The van der Waals surface area contributed by atoms with Crippen molar-refractivity contribution in [2.24, 2.45) is 5.73 Å². The Labute approximate surface area is 100 Å². The lowest BCUT2D eigenvalue weighted by atomic mass is 10.2. The molecule has 0 bridgehead atoms. The lowest BCUT2D eigenvalue weighted by molar-refractivity contribution is 0.490. The zero-order valence-corrected chi connectivity index (χ0v) is 10.2. The van der Waals surface area contributed by atoms with Crippen molar-refractivity contribution in [3.8, 4) is 0 Å². The van der Waals surface area contributed by atoms with Crippen molar-refractivity contribution in [2.75, 3.05) is 0 Å². The second-order valence-corrected chi connectivity index (χ2v) is 4.81. The third-order valence-electron chi connectivity index (χ3n) is 3.28. The number of aryl methyl sites for hydroxylation is 1. The molecule has 2 rings (SSSR count). The Balaban J connectivity index is 2.54. The van der Waals surface area contributed by atoms with Gasteiger partial charge in [-0.2, -0.15) is 0 Å². The van der Waals surface area contributed by atoms with E-state index in [9.17, 15) is 4.79 Å². The fourth-order valence-corrected chi connectivity index (χ4v) is 2.60. The van der Waals surface area contributed by atoms with Crippen molar-refractivity contribution in [1.82, 2.24) is 4.57 Å². The van der Waals surface area contributed by atoms with Crippen molar-refractivity contribution in [2.45, 2.75) is 38.6 Å². The second kappa shape index (κ2) is 4.37. The third-order valence-corrected chi connectivity index (χ3v) is 3.50. The van der Waals surface area contributed by atoms with Crippen LogP contribution in [0.1, 0.15) is 43.0 Å². The molecule has 2 N–H and O–H groups in total. The molecule has 1 saturated carbocycles. The first-order valence-corrected chi connectivity index (χ1v) is 6.04. The predicted molar refractivity (Wildman–Crippen MR) is 68.8 cm³/mol. The summed E-state index contributed by atoms with van der Waals surface area (Å²) >= 11 is 4.89. The van der Waals surface area contributed by atoms with Gasteiger partial charge in [0.25, 0.3) is 5.56 Å². The maximum absolute atomic E-state index is 12.2. The van der Waals surface area contributed by atoms with Crippen LogP contribution in [-0.2, 0) is 0 Å². The minimum Gasteiger partial charge on any atom is -0.389 e. The van der Waals surface area contributed by atoms with Crippen molar-refractivity contribution >= 4 is 17.2 Å². The highest BCUT2D eigenvalue weighted by molar-refractivity contribution is 7.80. The van der Waals surface area contributed by atoms with E-state index in [1.807, 2.05) is 17.6 Å². The largest absolute Gasteiger partial charge is 0.389 e. The average Bonchev–Trinajstić information content (AvgIpc) is 2.70. The van der Waals surface area contributed by atoms with E-state index in [1.54, 1.807) is 6.07 Å². The van der Waals surface area contributed by atoms with Gasteiger partial charge in [0.15, 0.2) is 0 Å². The maximum atomic E-state index is 12.2. The summed E-state index contributed by atoms with van der Waals surface area (Å²) in [6.45, 7) is 1.96. The van der Waals surface area contributed by atoms with Crippen molar-refractivity contribution < 1.29 is 0 Å². The van der Waals surface area contributed by atoms with E-state index in [1.165, 1.54) is 12.8 Å². The third kappa shape index (κ3) is 1.89. The molecule has 0 aromatic carbocycles. The molecule has 0 unspecified atom stereocenters. The van der Waals surface area contributed by atoms with Crippen LogP contribution in [0.4, 0.5) is 0 Å². The van der Waals surface area contributed by atoms with Gasteiger partial charge in [0.05, 0.1) is 5.56 Å². The Morgan fingerprint density at radius 1 is 1.44 bits per heavy atom. The SMILES string of the molecule is Cc1ccc(C(N)=S)c(=O)n1C1CCCC1. The quantitative estimate of drug-likeness (QED) is 0.798. The van der Waals surface area contributed by atoms with Crippen LogP contribution in [-0.4, -0.2) is 9.56 Å². The van der Waals surface area contributed by atoms with Gasteiger partial charge in [-0.15, -0.1) is 0 Å². The molecule has 16 heavy (non-hydrogen) atoms. The molecule has 4 heteroatoms. The number of hydrogen-bond donors (Lipinski definition) is 1. The number of thiocarbonyl (C=S) groups is 1. The highest BCUT2D eigenvalue weighted by atomic mass is 32.1. The normalized spacial score (nSPS) is 16.6. The van der Waals surface area contributed by atoms with E-state index >= 15 is 0 Å². The molecule has 0 amide bonds. The first kappa shape index (κ1) is 11.3. The van der Waals surface area contributed by atoms with Gasteiger partial charge in [-0.1, -0.05) is 25.1 Å². The Kier molecular flexibility index (Phi) is 3.10.